The molecule has 0 bridgehead atoms. The van der Waals surface area contributed by atoms with E-state index in [1.807, 2.05) is 26.8 Å². The van der Waals surface area contributed by atoms with Crippen LogP contribution in [0.25, 0.3) is 0 Å². The van der Waals surface area contributed by atoms with Crippen LogP contribution in [0.1, 0.15) is 37.9 Å². The summed E-state index contributed by atoms with van der Waals surface area (Å²) in [5.41, 5.74) is 1.41. The van der Waals surface area contributed by atoms with E-state index in [-0.39, 0.29) is 23.7 Å². The molecule has 16 heavy (non-hydrogen) atoms. The maximum Gasteiger partial charge on any atom is 0.223 e. The lowest BCUT2D eigenvalue weighted by atomic mass is 10.1. The average molecular weight is 223 g/mol. The van der Waals surface area contributed by atoms with Crippen molar-refractivity contribution in [3.63, 3.8) is 0 Å². The molecule has 0 heterocycles. The Balaban J connectivity index is 2.77. The molecule has 88 valence electrons. The molecule has 0 aliphatic rings. The number of rotatable bonds is 3. The number of aryl methyl sites for hydroxylation is 1. The van der Waals surface area contributed by atoms with Crippen LogP contribution in [-0.4, -0.2) is 5.91 Å². The number of hydrogen-bond donors (Lipinski definition) is 1. The quantitative estimate of drug-likeness (QED) is 0.838. The van der Waals surface area contributed by atoms with Gasteiger partial charge in [-0.2, -0.15) is 0 Å². The highest BCUT2D eigenvalue weighted by Gasteiger charge is 2.13. The smallest absolute Gasteiger partial charge is 0.223 e. The van der Waals surface area contributed by atoms with Crippen LogP contribution in [0.4, 0.5) is 4.39 Å². The molecule has 0 aromatic heterocycles. The molecule has 0 aliphatic heterocycles. The number of carbonyl (C=O) groups is 1. The van der Waals surface area contributed by atoms with Crippen LogP contribution in [-0.2, 0) is 4.79 Å². The third-order valence-corrected chi connectivity index (χ3v) is 2.58. The Morgan fingerprint density at radius 3 is 2.44 bits per heavy atom. The third kappa shape index (κ3) is 3.05. The summed E-state index contributed by atoms with van der Waals surface area (Å²) in [4.78, 5) is 11.5. The lowest BCUT2D eigenvalue weighted by Gasteiger charge is -2.16. The van der Waals surface area contributed by atoms with Gasteiger partial charge in [0.05, 0.1) is 6.04 Å². The van der Waals surface area contributed by atoms with E-state index >= 15 is 0 Å². The topological polar surface area (TPSA) is 29.1 Å². The summed E-state index contributed by atoms with van der Waals surface area (Å²) in [6.45, 7) is 7.23. The molecule has 0 radical (unpaired) electrons. The van der Waals surface area contributed by atoms with E-state index in [0.717, 1.165) is 5.56 Å². The second kappa shape index (κ2) is 5.10. The van der Waals surface area contributed by atoms with Crippen molar-refractivity contribution < 1.29 is 9.18 Å². The summed E-state index contributed by atoms with van der Waals surface area (Å²) >= 11 is 0. The first-order valence-corrected chi connectivity index (χ1v) is 5.48. The molecule has 1 amide bonds. The number of amides is 1. The van der Waals surface area contributed by atoms with E-state index < -0.39 is 0 Å². The van der Waals surface area contributed by atoms with Gasteiger partial charge < -0.3 is 5.32 Å². The van der Waals surface area contributed by atoms with Crippen LogP contribution < -0.4 is 5.32 Å². The lowest BCUT2D eigenvalue weighted by molar-refractivity contribution is -0.124. The van der Waals surface area contributed by atoms with Crippen LogP contribution in [0.3, 0.4) is 0 Å². The van der Waals surface area contributed by atoms with Crippen LogP contribution in [0.2, 0.25) is 0 Å². The predicted octanol–water partition coefficient (Wildman–Crippen LogP) is 2.97. The van der Waals surface area contributed by atoms with E-state index in [4.69, 9.17) is 0 Å². The van der Waals surface area contributed by atoms with Crippen molar-refractivity contribution in [2.45, 2.75) is 33.7 Å². The Hall–Kier alpha value is -1.38. The standard InChI is InChI=1S/C13H18FNO/c1-8(2)13(16)15-10(4)11-6-5-9(3)12(14)7-11/h5-8,10H,1-4H3,(H,15,16). The number of carbonyl (C=O) groups excluding carboxylic acids is 1. The minimum absolute atomic E-state index is 0.0199. The average Bonchev–Trinajstić information content (AvgIpc) is 2.21. The maximum atomic E-state index is 13.3. The van der Waals surface area contributed by atoms with Crippen LogP contribution >= 0.6 is 0 Å². The van der Waals surface area contributed by atoms with Gasteiger partial charge >= 0.3 is 0 Å². The summed E-state index contributed by atoms with van der Waals surface area (Å²) in [5, 5.41) is 2.84. The molecule has 2 nitrogen and oxygen atoms in total. The number of nitrogens with one attached hydrogen (secondary N) is 1. The van der Waals surface area contributed by atoms with Crippen molar-refractivity contribution in [2.75, 3.05) is 0 Å². The van der Waals surface area contributed by atoms with Crippen LogP contribution in [0.5, 0.6) is 0 Å². The van der Waals surface area contributed by atoms with Gasteiger partial charge in [-0.15, -0.1) is 0 Å². The molecule has 1 aromatic rings. The molecule has 0 fully saturated rings. The Kier molecular flexibility index (Phi) is 4.05. The van der Waals surface area contributed by atoms with E-state index in [9.17, 15) is 9.18 Å². The Morgan fingerprint density at radius 1 is 1.31 bits per heavy atom. The zero-order valence-corrected chi connectivity index (χ0v) is 10.2. The maximum absolute atomic E-state index is 13.3. The molecule has 0 spiro atoms. The van der Waals surface area contributed by atoms with E-state index in [1.54, 1.807) is 13.0 Å². The molecule has 0 saturated heterocycles. The summed E-state index contributed by atoms with van der Waals surface area (Å²) in [5.74, 6) is -0.311. The van der Waals surface area contributed by atoms with Crippen molar-refractivity contribution in [1.29, 1.82) is 0 Å². The fourth-order valence-electron chi connectivity index (χ4n) is 1.34. The zero-order valence-electron chi connectivity index (χ0n) is 10.2. The molecule has 1 unspecified atom stereocenters. The molecule has 1 atom stereocenters. The molecular weight excluding hydrogens is 205 g/mol. The Bertz CT molecular complexity index is 388. The second-order valence-electron chi connectivity index (χ2n) is 4.39. The summed E-state index contributed by atoms with van der Waals surface area (Å²) in [6.07, 6.45) is 0. The lowest BCUT2D eigenvalue weighted by Crippen LogP contribution is -2.30. The summed E-state index contributed by atoms with van der Waals surface area (Å²) in [7, 11) is 0. The number of hydrogen-bond acceptors (Lipinski definition) is 1. The van der Waals surface area contributed by atoms with Gasteiger partial charge in [-0.25, -0.2) is 4.39 Å². The minimum Gasteiger partial charge on any atom is -0.349 e. The normalized spacial score (nSPS) is 12.6. The molecule has 0 aliphatic carbocycles. The van der Waals surface area contributed by atoms with Gasteiger partial charge in [-0.05, 0) is 31.0 Å². The monoisotopic (exact) mass is 223 g/mol. The first-order valence-electron chi connectivity index (χ1n) is 5.48. The second-order valence-corrected chi connectivity index (χ2v) is 4.39. The van der Waals surface area contributed by atoms with Crippen molar-refractivity contribution >= 4 is 5.91 Å². The van der Waals surface area contributed by atoms with Gasteiger partial charge in [0, 0.05) is 5.92 Å². The fraction of sp³-hybridized carbons (Fsp3) is 0.462. The zero-order chi connectivity index (χ0) is 12.3. The van der Waals surface area contributed by atoms with Gasteiger partial charge in [-0.3, -0.25) is 4.79 Å². The molecule has 1 rings (SSSR count). The largest absolute Gasteiger partial charge is 0.349 e. The molecule has 0 saturated carbocycles. The van der Waals surface area contributed by atoms with E-state index in [1.165, 1.54) is 6.07 Å². The van der Waals surface area contributed by atoms with Crippen molar-refractivity contribution in [2.24, 2.45) is 5.92 Å². The van der Waals surface area contributed by atoms with Gasteiger partial charge in [0.1, 0.15) is 5.82 Å². The van der Waals surface area contributed by atoms with Gasteiger partial charge in [0.2, 0.25) is 5.91 Å². The predicted molar refractivity (Wildman–Crippen MR) is 62.5 cm³/mol. The number of benzene rings is 1. The van der Waals surface area contributed by atoms with E-state index in [0.29, 0.717) is 5.56 Å². The summed E-state index contributed by atoms with van der Waals surface area (Å²) in [6, 6.07) is 4.87. The van der Waals surface area contributed by atoms with Gasteiger partial charge in [-0.1, -0.05) is 26.0 Å². The highest BCUT2D eigenvalue weighted by atomic mass is 19.1. The first kappa shape index (κ1) is 12.7. The Labute approximate surface area is 95.9 Å². The molecule has 1 aromatic carbocycles. The van der Waals surface area contributed by atoms with Crippen LogP contribution in [0, 0.1) is 18.7 Å². The van der Waals surface area contributed by atoms with Crippen molar-refractivity contribution in [3.05, 3.63) is 35.1 Å². The molecular formula is C13H18FNO. The third-order valence-electron chi connectivity index (χ3n) is 2.58. The SMILES string of the molecule is Cc1ccc(C(C)NC(=O)C(C)C)cc1F. The minimum atomic E-state index is -0.233. The van der Waals surface area contributed by atoms with E-state index in [2.05, 4.69) is 5.32 Å². The number of halogens is 1. The fourth-order valence-corrected chi connectivity index (χ4v) is 1.34. The highest BCUT2D eigenvalue weighted by molar-refractivity contribution is 5.78. The highest BCUT2D eigenvalue weighted by Crippen LogP contribution is 2.16. The molecule has 3 heteroatoms. The van der Waals surface area contributed by atoms with Crippen molar-refractivity contribution in [1.82, 2.24) is 5.32 Å². The van der Waals surface area contributed by atoms with Crippen LogP contribution in [0.15, 0.2) is 18.2 Å². The summed E-state index contributed by atoms with van der Waals surface area (Å²) < 4.78 is 13.3. The van der Waals surface area contributed by atoms with Crippen molar-refractivity contribution in [3.8, 4) is 0 Å². The van der Waals surface area contributed by atoms with Gasteiger partial charge in [0.25, 0.3) is 0 Å². The molecule has 1 N–H and O–H groups in total. The van der Waals surface area contributed by atoms with Gasteiger partial charge in [0.15, 0.2) is 0 Å². The first-order chi connectivity index (χ1) is 7.41. The Morgan fingerprint density at radius 2 is 1.94 bits per heavy atom.